The summed E-state index contributed by atoms with van der Waals surface area (Å²) in [5.41, 5.74) is 3.12. The second kappa shape index (κ2) is 6.75. The van der Waals surface area contributed by atoms with Crippen LogP contribution in [0.15, 0.2) is 35.7 Å². The summed E-state index contributed by atoms with van der Waals surface area (Å²) >= 11 is 0. The van der Waals surface area contributed by atoms with Gasteiger partial charge in [0.25, 0.3) is 0 Å². The first-order valence-electron chi connectivity index (χ1n) is 9.11. The van der Waals surface area contributed by atoms with Gasteiger partial charge < -0.3 is 9.88 Å². The number of nitrogens with zero attached hydrogens (tertiary/aromatic N) is 5. The number of rotatable bonds is 2. The Morgan fingerprint density at radius 1 is 1.42 bits per heavy atom. The van der Waals surface area contributed by atoms with Gasteiger partial charge in [-0.2, -0.15) is 10.3 Å². The smallest absolute Gasteiger partial charge is 0.207 e. The van der Waals surface area contributed by atoms with E-state index in [0.717, 1.165) is 48.3 Å². The van der Waals surface area contributed by atoms with Crippen molar-refractivity contribution in [3.63, 3.8) is 0 Å². The number of aromatic nitrogens is 3. The molecule has 0 aromatic carbocycles. The van der Waals surface area contributed by atoms with Gasteiger partial charge >= 0.3 is 0 Å². The third-order valence-electron chi connectivity index (χ3n) is 5.18. The van der Waals surface area contributed by atoms with Gasteiger partial charge in [-0.05, 0) is 24.5 Å². The zero-order chi connectivity index (χ0) is 18.1. The molecule has 1 fully saturated rings. The fraction of sp³-hybridized carbons (Fsp3) is 0.400. The van der Waals surface area contributed by atoms with Crippen LogP contribution >= 0.6 is 0 Å². The number of piperidine rings is 1. The molecule has 6 nitrogen and oxygen atoms in total. The van der Waals surface area contributed by atoms with Crippen molar-refractivity contribution in [3.05, 3.63) is 36.3 Å². The summed E-state index contributed by atoms with van der Waals surface area (Å²) < 4.78 is 0. The fourth-order valence-corrected chi connectivity index (χ4v) is 4.05. The first-order chi connectivity index (χ1) is 12.7. The molecule has 1 aliphatic heterocycles. The number of aromatic amines is 1. The molecule has 0 saturated carbocycles. The van der Waals surface area contributed by atoms with Gasteiger partial charge in [0.05, 0.1) is 11.7 Å². The molecule has 1 aliphatic rings. The lowest BCUT2D eigenvalue weighted by atomic mass is 9.89. The Labute approximate surface area is 152 Å². The van der Waals surface area contributed by atoms with E-state index in [4.69, 9.17) is 5.26 Å². The summed E-state index contributed by atoms with van der Waals surface area (Å²) in [7, 11) is 0. The zero-order valence-electron chi connectivity index (χ0n) is 15.1. The molecule has 3 aromatic rings. The van der Waals surface area contributed by atoms with E-state index in [9.17, 15) is 0 Å². The highest BCUT2D eigenvalue weighted by atomic mass is 15.2. The first kappa shape index (κ1) is 16.5. The van der Waals surface area contributed by atoms with E-state index in [1.807, 2.05) is 18.5 Å². The Hall–Kier alpha value is -2.94. The van der Waals surface area contributed by atoms with Crippen LogP contribution < -0.4 is 0 Å². The highest BCUT2D eigenvalue weighted by Gasteiger charge is 2.27. The van der Waals surface area contributed by atoms with E-state index in [1.54, 1.807) is 6.20 Å². The van der Waals surface area contributed by atoms with Crippen molar-refractivity contribution in [2.75, 3.05) is 13.1 Å². The minimum atomic E-state index is 0.239. The Morgan fingerprint density at radius 3 is 3.12 bits per heavy atom. The Balaban J connectivity index is 1.75. The molecular weight excluding hydrogens is 324 g/mol. The predicted octanol–water partition coefficient (Wildman–Crippen LogP) is 3.83. The summed E-state index contributed by atoms with van der Waals surface area (Å²) in [6.45, 7) is 6.02. The van der Waals surface area contributed by atoms with E-state index < -0.39 is 0 Å². The number of pyridine rings is 2. The molecule has 0 spiro atoms. The molecule has 0 aliphatic carbocycles. The molecule has 1 saturated heterocycles. The maximum absolute atomic E-state index is 9.04. The van der Waals surface area contributed by atoms with Gasteiger partial charge in [-0.25, -0.2) is 4.98 Å². The Bertz CT molecular complexity index is 1010. The van der Waals surface area contributed by atoms with E-state index in [2.05, 4.69) is 51.0 Å². The molecule has 4 heterocycles. The molecule has 3 aromatic heterocycles. The average molecular weight is 346 g/mol. The second-order valence-corrected chi connectivity index (χ2v) is 7.17. The predicted molar refractivity (Wildman–Crippen MR) is 103 cm³/mol. The third kappa shape index (κ3) is 2.80. The van der Waals surface area contributed by atoms with E-state index in [1.165, 1.54) is 10.9 Å². The molecule has 0 bridgehead atoms. The largest absolute Gasteiger partial charge is 0.359 e. The summed E-state index contributed by atoms with van der Waals surface area (Å²) in [5, 5.41) is 11.4. The van der Waals surface area contributed by atoms with Gasteiger partial charge in [-0.15, -0.1) is 0 Å². The van der Waals surface area contributed by atoms with Gasteiger partial charge in [0.15, 0.2) is 0 Å². The maximum Gasteiger partial charge on any atom is 0.207 e. The van der Waals surface area contributed by atoms with Crippen molar-refractivity contribution in [2.45, 2.75) is 32.6 Å². The second-order valence-electron chi connectivity index (χ2n) is 7.17. The van der Waals surface area contributed by atoms with Crippen LogP contribution in [0.2, 0.25) is 0 Å². The van der Waals surface area contributed by atoms with Gasteiger partial charge in [-0.3, -0.25) is 4.98 Å². The van der Waals surface area contributed by atoms with Crippen LogP contribution in [0.5, 0.6) is 0 Å². The highest BCUT2D eigenvalue weighted by Crippen LogP contribution is 2.35. The van der Waals surface area contributed by atoms with Crippen molar-refractivity contribution >= 4 is 27.8 Å². The highest BCUT2D eigenvalue weighted by molar-refractivity contribution is 6.05. The van der Waals surface area contributed by atoms with Crippen LogP contribution in [0.1, 0.15) is 38.2 Å². The normalized spacial score (nSPS) is 18.6. The quantitative estimate of drug-likeness (QED) is 0.434. The van der Waals surface area contributed by atoms with Gasteiger partial charge in [0.1, 0.15) is 11.5 Å². The van der Waals surface area contributed by atoms with Crippen LogP contribution in [-0.4, -0.2) is 38.8 Å². The molecular formula is C20H22N6. The summed E-state index contributed by atoms with van der Waals surface area (Å²) in [6, 6.07) is 4.09. The topological polar surface area (TPSA) is 81.0 Å². The number of likely N-dealkylation sites (tertiary alicyclic amines) is 1. The molecule has 1 unspecified atom stereocenters. The summed E-state index contributed by atoms with van der Waals surface area (Å²) in [4.78, 5) is 18.7. The molecule has 4 rings (SSSR count). The molecule has 0 radical (unpaired) electrons. The number of hydrogen-bond acceptors (Lipinski definition) is 4. The van der Waals surface area contributed by atoms with Crippen molar-refractivity contribution in [1.29, 1.82) is 5.26 Å². The molecule has 0 amide bonds. The number of fused-ring (bicyclic) bond motifs is 3. The molecule has 26 heavy (non-hydrogen) atoms. The van der Waals surface area contributed by atoms with Crippen molar-refractivity contribution < 1.29 is 0 Å². The lowest BCUT2D eigenvalue weighted by molar-refractivity contribution is 0.300. The minimum absolute atomic E-state index is 0.239. The monoisotopic (exact) mass is 346 g/mol. The number of H-pyrrole nitrogens is 1. The van der Waals surface area contributed by atoms with Gasteiger partial charge in [-0.1, -0.05) is 19.9 Å². The molecule has 132 valence electrons. The van der Waals surface area contributed by atoms with Crippen molar-refractivity contribution in [2.24, 2.45) is 10.9 Å². The van der Waals surface area contributed by atoms with Crippen LogP contribution in [0.25, 0.3) is 21.9 Å². The number of nitriles is 1. The van der Waals surface area contributed by atoms with Gasteiger partial charge in [0.2, 0.25) is 6.19 Å². The summed E-state index contributed by atoms with van der Waals surface area (Å²) in [6.07, 6.45) is 9.90. The van der Waals surface area contributed by atoms with Crippen LogP contribution in [0.4, 0.5) is 0 Å². The fourth-order valence-electron chi connectivity index (χ4n) is 4.05. The lowest BCUT2D eigenvalue weighted by Crippen LogP contribution is -2.41. The van der Waals surface area contributed by atoms with Crippen molar-refractivity contribution in [3.8, 4) is 6.19 Å². The Morgan fingerprint density at radius 2 is 2.31 bits per heavy atom. The third-order valence-corrected chi connectivity index (χ3v) is 5.18. The lowest BCUT2D eigenvalue weighted by Gasteiger charge is -2.36. The minimum Gasteiger partial charge on any atom is -0.359 e. The number of nitrogens with one attached hydrogen (secondary N) is 1. The summed E-state index contributed by atoms with van der Waals surface area (Å²) in [5.74, 6) is 1.51. The van der Waals surface area contributed by atoms with Crippen LogP contribution in [0, 0.1) is 17.4 Å². The van der Waals surface area contributed by atoms with Crippen molar-refractivity contribution in [1.82, 2.24) is 19.9 Å². The SMILES string of the molecule is CC(C)C(=NC#N)N1CCCC(c2c[nH]c3ncc4ncccc4c23)C1. The first-order valence-corrected chi connectivity index (χ1v) is 9.11. The van der Waals surface area contributed by atoms with Crippen LogP contribution in [-0.2, 0) is 0 Å². The standard InChI is InChI=1S/C20H22N6/c1-13(2)20(25-12-21)26-8-4-5-14(11-26)16-9-23-19-18(16)15-6-3-7-22-17(15)10-24-19/h3,6-7,9-10,13-14H,4-5,8,11H2,1-2H3,(H,23,24). The Kier molecular flexibility index (Phi) is 4.29. The number of hydrogen-bond donors (Lipinski definition) is 1. The number of amidine groups is 1. The molecule has 6 heteroatoms. The van der Waals surface area contributed by atoms with E-state index >= 15 is 0 Å². The van der Waals surface area contributed by atoms with E-state index in [-0.39, 0.29) is 5.92 Å². The van der Waals surface area contributed by atoms with Crippen LogP contribution in [0.3, 0.4) is 0 Å². The zero-order valence-corrected chi connectivity index (χ0v) is 15.1. The molecule has 1 N–H and O–H groups in total. The number of aliphatic imine (C=N–C) groups is 1. The van der Waals surface area contributed by atoms with Gasteiger partial charge in [0, 0.05) is 48.1 Å². The molecule has 1 atom stereocenters. The maximum atomic E-state index is 9.04. The van der Waals surface area contributed by atoms with E-state index in [0.29, 0.717) is 5.92 Å². The average Bonchev–Trinajstić information content (AvgIpc) is 3.10.